The van der Waals surface area contributed by atoms with E-state index in [0.29, 0.717) is 38.0 Å². The number of morpholine rings is 1. The van der Waals surface area contributed by atoms with Crippen LogP contribution in [0.2, 0.25) is 0 Å². The van der Waals surface area contributed by atoms with E-state index in [9.17, 15) is 18.4 Å². The van der Waals surface area contributed by atoms with Gasteiger partial charge in [-0.25, -0.2) is 13.6 Å². The number of carbonyl (C=O) groups is 2. The van der Waals surface area contributed by atoms with Gasteiger partial charge in [-0.05, 0) is 30.5 Å². The molecule has 8 heteroatoms. The molecule has 3 amide bonds. The van der Waals surface area contributed by atoms with Gasteiger partial charge in [-0.15, -0.1) is 0 Å². The summed E-state index contributed by atoms with van der Waals surface area (Å²) in [6.45, 7) is 1.33. The second-order valence-corrected chi connectivity index (χ2v) is 5.99. The topological polar surface area (TPSA) is 70.7 Å². The van der Waals surface area contributed by atoms with E-state index in [1.165, 1.54) is 6.07 Å². The third-order valence-electron chi connectivity index (χ3n) is 4.29. The van der Waals surface area contributed by atoms with E-state index in [4.69, 9.17) is 4.74 Å². The molecule has 0 unspecified atom stereocenters. The number of rotatable bonds is 3. The van der Waals surface area contributed by atoms with Gasteiger partial charge in [-0.3, -0.25) is 4.79 Å². The molecular formula is C16H19F2N3O3. The minimum absolute atomic E-state index is 0.0473. The van der Waals surface area contributed by atoms with Crippen molar-refractivity contribution in [3.8, 4) is 0 Å². The predicted octanol–water partition coefficient (Wildman–Crippen LogP) is 0.806. The zero-order valence-corrected chi connectivity index (χ0v) is 13.1. The van der Waals surface area contributed by atoms with E-state index < -0.39 is 11.6 Å². The Bertz CT molecular complexity index is 641. The molecule has 0 aliphatic carbocycles. The number of fused-ring (bicyclic) bond motifs is 1. The van der Waals surface area contributed by atoms with Gasteiger partial charge in [-0.2, -0.15) is 0 Å². The molecule has 2 N–H and O–H groups in total. The predicted molar refractivity (Wildman–Crippen MR) is 81.3 cm³/mol. The van der Waals surface area contributed by atoms with Crippen molar-refractivity contribution in [2.24, 2.45) is 0 Å². The first kappa shape index (κ1) is 16.6. The summed E-state index contributed by atoms with van der Waals surface area (Å²) in [7, 11) is 0. The molecule has 1 aromatic rings. The molecule has 2 aliphatic heterocycles. The number of nitrogens with one attached hydrogen (secondary N) is 2. The highest BCUT2D eigenvalue weighted by Crippen LogP contribution is 2.17. The lowest BCUT2D eigenvalue weighted by Crippen LogP contribution is -2.62. The second-order valence-electron chi connectivity index (χ2n) is 5.99. The Kier molecular flexibility index (Phi) is 4.94. The molecule has 0 radical (unpaired) electrons. The van der Waals surface area contributed by atoms with Crippen molar-refractivity contribution >= 4 is 11.9 Å². The number of hydrogen-bond donors (Lipinski definition) is 2. The Labute approximate surface area is 138 Å². The van der Waals surface area contributed by atoms with E-state index in [-0.39, 0.29) is 30.7 Å². The third-order valence-corrected chi connectivity index (χ3v) is 4.29. The van der Waals surface area contributed by atoms with Crippen LogP contribution in [0.25, 0.3) is 0 Å². The summed E-state index contributed by atoms with van der Waals surface area (Å²) in [5, 5.41) is 5.59. The third kappa shape index (κ3) is 3.81. The van der Waals surface area contributed by atoms with Gasteiger partial charge < -0.3 is 20.3 Å². The summed E-state index contributed by atoms with van der Waals surface area (Å²) < 4.78 is 31.4. The number of amides is 3. The number of halogens is 2. The van der Waals surface area contributed by atoms with Gasteiger partial charge in [-0.1, -0.05) is 6.07 Å². The van der Waals surface area contributed by atoms with Crippen molar-refractivity contribution in [1.29, 1.82) is 0 Å². The average Bonchev–Trinajstić information content (AvgIpc) is 2.57. The summed E-state index contributed by atoms with van der Waals surface area (Å²) in [5.41, 5.74) is 0.612. The van der Waals surface area contributed by atoms with Gasteiger partial charge in [0.1, 0.15) is 6.61 Å². The van der Waals surface area contributed by atoms with E-state index in [1.807, 2.05) is 0 Å². The number of ether oxygens (including phenoxy) is 1. The van der Waals surface area contributed by atoms with Crippen molar-refractivity contribution in [2.75, 3.05) is 26.2 Å². The molecule has 2 fully saturated rings. The Morgan fingerprint density at radius 3 is 3.00 bits per heavy atom. The van der Waals surface area contributed by atoms with E-state index >= 15 is 0 Å². The second kappa shape index (κ2) is 7.12. The molecule has 1 aromatic carbocycles. The minimum atomic E-state index is -0.895. The first-order chi connectivity index (χ1) is 11.5. The van der Waals surface area contributed by atoms with Crippen LogP contribution < -0.4 is 10.6 Å². The molecule has 0 aromatic heterocycles. The SMILES string of the molecule is O=C1CO[C@@H]2CCN(C(=O)NCCc3ccc(F)c(F)c3)C[C@@H]2N1. The molecule has 3 rings (SSSR count). The van der Waals surface area contributed by atoms with Crippen LogP contribution in [-0.2, 0) is 16.0 Å². The molecule has 0 saturated carbocycles. The van der Waals surface area contributed by atoms with Crippen LogP contribution in [0.1, 0.15) is 12.0 Å². The van der Waals surface area contributed by atoms with Gasteiger partial charge in [0.15, 0.2) is 11.6 Å². The Morgan fingerprint density at radius 1 is 1.38 bits per heavy atom. The molecule has 0 bridgehead atoms. The van der Waals surface area contributed by atoms with Crippen LogP contribution in [0.3, 0.4) is 0 Å². The van der Waals surface area contributed by atoms with Gasteiger partial charge in [0, 0.05) is 19.6 Å². The summed E-state index contributed by atoms with van der Waals surface area (Å²) in [5.74, 6) is -1.95. The van der Waals surface area contributed by atoms with E-state index in [1.54, 1.807) is 4.90 Å². The maximum atomic E-state index is 13.1. The molecule has 130 valence electrons. The minimum Gasteiger partial charge on any atom is -0.366 e. The lowest BCUT2D eigenvalue weighted by Gasteiger charge is -2.40. The van der Waals surface area contributed by atoms with Crippen molar-refractivity contribution in [3.05, 3.63) is 35.4 Å². The van der Waals surface area contributed by atoms with Crippen LogP contribution in [-0.4, -0.2) is 55.2 Å². The lowest BCUT2D eigenvalue weighted by atomic mass is 10.0. The highest BCUT2D eigenvalue weighted by atomic mass is 19.2. The lowest BCUT2D eigenvalue weighted by molar-refractivity contribution is -0.139. The number of hydrogen-bond acceptors (Lipinski definition) is 3. The number of benzene rings is 1. The van der Waals surface area contributed by atoms with Crippen molar-refractivity contribution < 1.29 is 23.1 Å². The fourth-order valence-corrected chi connectivity index (χ4v) is 3.00. The Morgan fingerprint density at radius 2 is 2.21 bits per heavy atom. The van der Waals surface area contributed by atoms with Crippen LogP contribution in [0, 0.1) is 11.6 Å². The number of likely N-dealkylation sites (tertiary alicyclic amines) is 1. The van der Waals surface area contributed by atoms with Gasteiger partial charge in [0.25, 0.3) is 0 Å². The molecule has 2 saturated heterocycles. The van der Waals surface area contributed by atoms with Crippen molar-refractivity contribution in [1.82, 2.24) is 15.5 Å². The van der Waals surface area contributed by atoms with Crippen LogP contribution in [0.5, 0.6) is 0 Å². The quantitative estimate of drug-likeness (QED) is 0.856. The highest BCUT2D eigenvalue weighted by molar-refractivity contribution is 5.79. The molecule has 0 spiro atoms. The molecule has 6 nitrogen and oxygen atoms in total. The summed E-state index contributed by atoms with van der Waals surface area (Å²) in [6, 6.07) is 3.27. The number of urea groups is 1. The molecule has 2 heterocycles. The molecule has 2 aliphatic rings. The monoisotopic (exact) mass is 339 g/mol. The maximum Gasteiger partial charge on any atom is 0.317 e. The van der Waals surface area contributed by atoms with Crippen LogP contribution in [0.4, 0.5) is 13.6 Å². The first-order valence-corrected chi connectivity index (χ1v) is 7.90. The van der Waals surface area contributed by atoms with Gasteiger partial charge >= 0.3 is 6.03 Å². The zero-order valence-electron chi connectivity index (χ0n) is 13.1. The fraction of sp³-hybridized carbons (Fsp3) is 0.500. The van der Waals surface area contributed by atoms with Gasteiger partial charge in [0.05, 0.1) is 12.1 Å². The standard InChI is InChI=1S/C16H19F2N3O3/c17-11-2-1-10(7-12(11)18)3-5-19-16(23)21-6-4-14-13(8-21)20-15(22)9-24-14/h1-2,7,13-14H,3-6,8-9H2,(H,19,23)(H,20,22)/t13-,14+/m0/s1. The van der Waals surface area contributed by atoms with E-state index in [2.05, 4.69) is 10.6 Å². The highest BCUT2D eigenvalue weighted by Gasteiger charge is 2.36. The number of carbonyl (C=O) groups excluding carboxylic acids is 2. The summed E-state index contributed by atoms with van der Waals surface area (Å²) in [6.07, 6.45) is 1.03. The Balaban J connectivity index is 1.46. The van der Waals surface area contributed by atoms with Crippen LogP contribution >= 0.6 is 0 Å². The Hall–Kier alpha value is -2.22. The maximum absolute atomic E-state index is 13.1. The molecular weight excluding hydrogens is 320 g/mol. The number of nitrogens with zero attached hydrogens (tertiary/aromatic N) is 1. The normalized spacial score (nSPS) is 23.4. The van der Waals surface area contributed by atoms with Crippen LogP contribution in [0.15, 0.2) is 18.2 Å². The van der Waals surface area contributed by atoms with Gasteiger partial charge in [0.2, 0.25) is 5.91 Å². The van der Waals surface area contributed by atoms with Crippen molar-refractivity contribution in [3.63, 3.8) is 0 Å². The van der Waals surface area contributed by atoms with Crippen molar-refractivity contribution in [2.45, 2.75) is 25.0 Å². The summed E-state index contributed by atoms with van der Waals surface area (Å²) in [4.78, 5) is 25.2. The first-order valence-electron chi connectivity index (χ1n) is 7.90. The zero-order chi connectivity index (χ0) is 17.1. The summed E-state index contributed by atoms with van der Waals surface area (Å²) >= 11 is 0. The van der Waals surface area contributed by atoms with E-state index in [0.717, 1.165) is 12.1 Å². The smallest absolute Gasteiger partial charge is 0.317 e. The molecule has 24 heavy (non-hydrogen) atoms. The largest absolute Gasteiger partial charge is 0.366 e. The molecule has 2 atom stereocenters. The number of piperidine rings is 1. The fourth-order valence-electron chi connectivity index (χ4n) is 3.00. The average molecular weight is 339 g/mol.